The number of piperidine rings is 1. The van der Waals surface area contributed by atoms with E-state index in [1.54, 1.807) is 0 Å². The maximum atomic E-state index is 11.6. The predicted molar refractivity (Wildman–Crippen MR) is 58.2 cm³/mol. The van der Waals surface area contributed by atoms with E-state index in [-0.39, 0.29) is 17.7 Å². The van der Waals surface area contributed by atoms with Crippen LogP contribution in [-0.4, -0.2) is 36.9 Å². The minimum Gasteiger partial charge on any atom is -0.316 e. The molecule has 1 saturated heterocycles. The summed E-state index contributed by atoms with van der Waals surface area (Å²) in [6, 6.07) is 0. The van der Waals surface area contributed by atoms with Crippen molar-refractivity contribution < 1.29 is 9.59 Å². The quantitative estimate of drug-likeness (QED) is 0.544. The van der Waals surface area contributed by atoms with Gasteiger partial charge in [0, 0.05) is 19.4 Å². The van der Waals surface area contributed by atoms with E-state index in [2.05, 4.69) is 11.9 Å². The fraction of sp³-hybridized carbons (Fsp3) is 0.636. The number of hydrogen-bond acceptors (Lipinski definition) is 3. The Hall–Kier alpha value is -1.16. The van der Waals surface area contributed by atoms with Gasteiger partial charge in [0.25, 0.3) is 0 Å². The first kappa shape index (κ1) is 11.9. The molecule has 0 atom stereocenters. The van der Waals surface area contributed by atoms with E-state index in [4.69, 9.17) is 0 Å². The number of imide groups is 1. The highest BCUT2D eigenvalue weighted by molar-refractivity contribution is 5.98. The minimum atomic E-state index is -0.0731. The Morgan fingerprint density at radius 3 is 2.47 bits per heavy atom. The molecule has 0 saturated carbocycles. The predicted octanol–water partition coefficient (Wildman–Crippen LogP) is 0.547. The van der Waals surface area contributed by atoms with Crippen LogP contribution < -0.4 is 5.32 Å². The van der Waals surface area contributed by atoms with Gasteiger partial charge in [0.1, 0.15) is 0 Å². The number of hydrogen-bond donors (Lipinski definition) is 1. The van der Waals surface area contributed by atoms with Crippen molar-refractivity contribution in [2.45, 2.75) is 19.8 Å². The van der Waals surface area contributed by atoms with Crippen molar-refractivity contribution >= 4 is 11.8 Å². The van der Waals surface area contributed by atoms with Crippen molar-refractivity contribution in [3.8, 4) is 0 Å². The first-order valence-electron chi connectivity index (χ1n) is 5.19. The lowest BCUT2D eigenvalue weighted by molar-refractivity contribution is -0.149. The van der Waals surface area contributed by atoms with Gasteiger partial charge < -0.3 is 5.32 Å². The third-order valence-electron chi connectivity index (χ3n) is 2.46. The zero-order valence-electron chi connectivity index (χ0n) is 9.38. The van der Waals surface area contributed by atoms with E-state index in [0.29, 0.717) is 25.9 Å². The highest BCUT2D eigenvalue weighted by atomic mass is 16.2. The summed E-state index contributed by atoms with van der Waals surface area (Å²) in [6.07, 6.45) is 0.942. The van der Waals surface area contributed by atoms with Crippen LogP contribution in [-0.2, 0) is 9.59 Å². The van der Waals surface area contributed by atoms with Gasteiger partial charge in [-0.1, -0.05) is 13.5 Å². The Balaban J connectivity index is 2.57. The summed E-state index contributed by atoms with van der Waals surface area (Å²) in [5.41, 5.74) is 0.855. The van der Waals surface area contributed by atoms with Gasteiger partial charge in [-0.15, -0.1) is 0 Å². The topological polar surface area (TPSA) is 49.4 Å². The van der Waals surface area contributed by atoms with Gasteiger partial charge in [0.2, 0.25) is 11.8 Å². The summed E-state index contributed by atoms with van der Waals surface area (Å²) in [5, 5.41) is 2.95. The number of likely N-dealkylation sites (N-methyl/N-ethyl adjacent to an activating group) is 1. The van der Waals surface area contributed by atoms with Gasteiger partial charge in [-0.25, -0.2) is 0 Å². The monoisotopic (exact) mass is 210 g/mol. The first-order chi connectivity index (χ1) is 7.04. The molecule has 0 aromatic carbocycles. The second-order valence-electron chi connectivity index (χ2n) is 4.17. The Labute approximate surface area is 90.3 Å². The molecule has 0 bridgehead atoms. The van der Waals surface area contributed by atoms with Gasteiger partial charge in [-0.3, -0.25) is 14.5 Å². The van der Waals surface area contributed by atoms with Crippen molar-refractivity contribution in [3.05, 3.63) is 12.2 Å². The molecule has 4 nitrogen and oxygen atoms in total. The van der Waals surface area contributed by atoms with Crippen LogP contribution in [0.3, 0.4) is 0 Å². The van der Waals surface area contributed by atoms with Gasteiger partial charge in [-0.05, 0) is 18.5 Å². The maximum absolute atomic E-state index is 11.6. The number of carbonyl (C=O) groups excluding carboxylic acids is 2. The second kappa shape index (κ2) is 5.07. The SMILES string of the molecule is C=C(CNC)CN1C(=O)CC(C)CC1=O. The Bertz CT molecular complexity index is 268. The summed E-state index contributed by atoms with van der Waals surface area (Å²) in [4.78, 5) is 24.5. The highest BCUT2D eigenvalue weighted by Crippen LogP contribution is 2.19. The Morgan fingerprint density at radius 1 is 1.47 bits per heavy atom. The molecule has 0 aromatic heterocycles. The summed E-state index contributed by atoms with van der Waals surface area (Å²) < 4.78 is 0. The number of likely N-dealkylation sites (tertiary alicyclic amines) is 1. The number of nitrogens with one attached hydrogen (secondary N) is 1. The van der Waals surface area contributed by atoms with Crippen molar-refractivity contribution in [1.82, 2.24) is 10.2 Å². The van der Waals surface area contributed by atoms with Crippen LogP contribution >= 0.6 is 0 Å². The molecule has 0 radical (unpaired) electrons. The molecule has 4 heteroatoms. The molecule has 1 N–H and O–H groups in total. The summed E-state index contributed by atoms with van der Waals surface area (Å²) >= 11 is 0. The lowest BCUT2D eigenvalue weighted by atomic mass is 9.97. The molecule has 1 aliphatic heterocycles. The highest BCUT2D eigenvalue weighted by Gasteiger charge is 2.30. The van der Waals surface area contributed by atoms with Gasteiger partial charge >= 0.3 is 0 Å². The van der Waals surface area contributed by atoms with Crippen molar-refractivity contribution in [3.63, 3.8) is 0 Å². The normalized spacial score (nSPS) is 18.4. The van der Waals surface area contributed by atoms with Crippen LogP contribution in [0, 0.1) is 5.92 Å². The van der Waals surface area contributed by atoms with E-state index in [1.807, 2.05) is 14.0 Å². The van der Waals surface area contributed by atoms with Crippen LogP contribution in [0.5, 0.6) is 0 Å². The minimum absolute atomic E-state index is 0.0731. The lowest BCUT2D eigenvalue weighted by Crippen LogP contribution is -2.44. The lowest BCUT2D eigenvalue weighted by Gasteiger charge is -2.28. The molecule has 0 spiro atoms. The average Bonchev–Trinajstić information content (AvgIpc) is 2.11. The standard InChI is InChI=1S/C11H18N2O2/c1-8-4-10(14)13(11(15)5-8)7-9(2)6-12-3/h8,12H,2,4-7H2,1,3H3. The molecule has 1 rings (SSSR count). The van der Waals surface area contributed by atoms with Crippen LogP contribution in [0.1, 0.15) is 19.8 Å². The number of carbonyl (C=O) groups is 2. The molecule has 1 aliphatic rings. The van der Waals surface area contributed by atoms with Crippen molar-refractivity contribution in [1.29, 1.82) is 0 Å². The fourth-order valence-electron chi connectivity index (χ4n) is 1.73. The zero-order chi connectivity index (χ0) is 11.4. The molecule has 84 valence electrons. The van der Waals surface area contributed by atoms with Crippen molar-refractivity contribution in [2.24, 2.45) is 5.92 Å². The van der Waals surface area contributed by atoms with E-state index in [1.165, 1.54) is 4.90 Å². The Kier molecular flexibility index (Phi) is 4.03. The van der Waals surface area contributed by atoms with Gasteiger partial charge in [0.15, 0.2) is 0 Å². The molecule has 2 amide bonds. The largest absolute Gasteiger partial charge is 0.316 e. The molecular weight excluding hydrogens is 192 g/mol. The maximum Gasteiger partial charge on any atom is 0.229 e. The number of nitrogens with zero attached hydrogens (tertiary/aromatic N) is 1. The summed E-state index contributed by atoms with van der Waals surface area (Å²) in [5.74, 6) is 0.0332. The summed E-state index contributed by atoms with van der Waals surface area (Å²) in [6.45, 7) is 6.73. The molecule has 1 heterocycles. The van der Waals surface area contributed by atoms with E-state index >= 15 is 0 Å². The van der Waals surface area contributed by atoms with Gasteiger partial charge in [0.05, 0.1) is 6.54 Å². The van der Waals surface area contributed by atoms with Crippen LogP contribution in [0.2, 0.25) is 0 Å². The van der Waals surface area contributed by atoms with Crippen molar-refractivity contribution in [2.75, 3.05) is 20.1 Å². The zero-order valence-corrected chi connectivity index (χ0v) is 9.38. The summed E-state index contributed by atoms with van der Waals surface area (Å²) in [7, 11) is 1.81. The van der Waals surface area contributed by atoms with E-state index in [9.17, 15) is 9.59 Å². The number of amides is 2. The second-order valence-corrected chi connectivity index (χ2v) is 4.17. The average molecular weight is 210 g/mol. The number of rotatable bonds is 4. The Morgan fingerprint density at radius 2 is 2.00 bits per heavy atom. The molecule has 0 unspecified atom stereocenters. The molecule has 0 aromatic rings. The van der Waals surface area contributed by atoms with Crippen LogP contribution in [0.25, 0.3) is 0 Å². The molecule has 15 heavy (non-hydrogen) atoms. The van der Waals surface area contributed by atoms with Crippen LogP contribution in [0.15, 0.2) is 12.2 Å². The smallest absolute Gasteiger partial charge is 0.229 e. The van der Waals surface area contributed by atoms with E-state index in [0.717, 1.165) is 5.57 Å². The van der Waals surface area contributed by atoms with Gasteiger partial charge in [-0.2, -0.15) is 0 Å². The first-order valence-corrected chi connectivity index (χ1v) is 5.19. The third kappa shape index (κ3) is 3.16. The molecular formula is C11H18N2O2. The fourth-order valence-corrected chi connectivity index (χ4v) is 1.73. The van der Waals surface area contributed by atoms with Crippen LogP contribution in [0.4, 0.5) is 0 Å². The third-order valence-corrected chi connectivity index (χ3v) is 2.46. The molecule has 0 aliphatic carbocycles. The van der Waals surface area contributed by atoms with E-state index < -0.39 is 0 Å². The molecule has 1 fully saturated rings.